The van der Waals surface area contributed by atoms with Crippen molar-refractivity contribution >= 4 is 5.78 Å². The molecule has 0 heterocycles. The van der Waals surface area contributed by atoms with Crippen molar-refractivity contribution < 1.29 is 9.53 Å². The van der Waals surface area contributed by atoms with E-state index in [1.807, 2.05) is 30.3 Å². The molecule has 1 aromatic rings. The van der Waals surface area contributed by atoms with Crippen LogP contribution >= 0.6 is 0 Å². The van der Waals surface area contributed by atoms with Crippen molar-refractivity contribution in [3.8, 4) is 0 Å². The van der Waals surface area contributed by atoms with Gasteiger partial charge in [-0.2, -0.15) is 0 Å². The lowest BCUT2D eigenvalue weighted by Gasteiger charge is -2.31. The lowest BCUT2D eigenvalue weighted by atomic mass is 9.80. The molecule has 0 spiro atoms. The predicted octanol–water partition coefficient (Wildman–Crippen LogP) is 3.71. The molecule has 2 heteroatoms. The first kappa shape index (κ1) is 13.3. The molecule has 3 unspecified atom stereocenters. The Labute approximate surface area is 109 Å². The van der Waals surface area contributed by atoms with Crippen LogP contribution in [0.4, 0.5) is 0 Å². The summed E-state index contributed by atoms with van der Waals surface area (Å²) in [6, 6.07) is 9.38. The highest BCUT2D eigenvalue weighted by Crippen LogP contribution is 2.30. The van der Waals surface area contributed by atoms with Crippen LogP contribution < -0.4 is 0 Å². The van der Waals surface area contributed by atoms with Crippen LogP contribution in [0, 0.1) is 11.8 Å². The zero-order valence-corrected chi connectivity index (χ0v) is 11.3. The lowest BCUT2D eigenvalue weighted by Crippen LogP contribution is -2.28. The zero-order valence-electron chi connectivity index (χ0n) is 11.3. The fourth-order valence-electron chi connectivity index (χ4n) is 2.55. The fraction of sp³-hybridized carbons (Fsp3) is 0.562. The van der Waals surface area contributed by atoms with E-state index in [-0.39, 0.29) is 18.5 Å². The van der Waals surface area contributed by atoms with Crippen LogP contribution in [-0.4, -0.2) is 18.5 Å². The summed E-state index contributed by atoms with van der Waals surface area (Å²) in [7, 11) is 0. The number of ether oxygens (including phenoxy) is 1. The van der Waals surface area contributed by atoms with E-state index in [1.54, 1.807) is 0 Å². The topological polar surface area (TPSA) is 26.3 Å². The summed E-state index contributed by atoms with van der Waals surface area (Å²) in [5.74, 6) is 1.58. The van der Waals surface area contributed by atoms with Crippen molar-refractivity contribution in [1.82, 2.24) is 0 Å². The molecule has 1 aliphatic rings. The van der Waals surface area contributed by atoms with Gasteiger partial charge in [0.25, 0.3) is 0 Å². The summed E-state index contributed by atoms with van der Waals surface area (Å²) in [6.45, 7) is 4.80. The van der Waals surface area contributed by atoms with Crippen molar-refractivity contribution in [2.45, 2.75) is 39.2 Å². The molecule has 1 saturated carbocycles. The number of benzene rings is 1. The minimum absolute atomic E-state index is 0.0851. The largest absolute Gasteiger partial charge is 0.370 e. The van der Waals surface area contributed by atoms with Gasteiger partial charge in [0.05, 0.1) is 6.10 Å². The van der Waals surface area contributed by atoms with Gasteiger partial charge in [-0.3, -0.25) is 4.79 Å². The van der Waals surface area contributed by atoms with Crippen LogP contribution in [0.15, 0.2) is 30.3 Å². The lowest BCUT2D eigenvalue weighted by molar-refractivity contribution is 0.00708. The van der Waals surface area contributed by atoms with Crippen LogP contribution in [0.3, 0.4) is 0 Å². The molecule has 0 saturated heterocycles. The van der Waals surface area contributed by atoms with Gasteiger partial charge < -0.3 is 4.74 Å². The minimum Gasteiger partial charge on any atom is -0.370 e. The second-order valence-corrected chi connectivity index (χ2v) is 5.49. The third kappa shape index (κ3) is 3.42. The van der Waals surface area contributed by atoms with Crippen molar-refractivity contribution in [2.24, 2.45) is 11.8 Å². The van der Waals surface area contributed by atoms with Gasteiger partial charge in [0.2, 0.25) is 0 Å². The number of carbonyl (C=O) groups excluding carboxylic acids is 1. The molecule has 0 radical (unpaired) electrons. The molecule has 0 N–H and O–H groups in total. The Bertz CT molecular complexity index is 385. The van der Waals surface area contributed by atoms with Gasteiger partial charge in [-0.1, -0.05) is 44.2 Å². The third-order valence-corrected chi connectivity index (χ3v) is 4.10. The highest BCUT2D eigenvalue weighted by atomic mass is 16.5. The molecular formula is C16H22O2. The number of rotatable bonds is 4. The Hall–Kier alpha value is -1.15. The highest BCUT2D eigenvalue weighted by molar-refractivity contribution is 5.96. The maximum absolute atomic E-state index is 11.9. The Balaban J connectivity index is 1.80. The first-order chi connectivity index (χ1) is 8.66. The maximum atomic E-state index is 11.9. The number of Topliss-reactive ketones (excluding diaryl/α,β-unsaturated/α-hetero) is 1. The Kier molecular flexibility index (Phi) is 4.54. The Morgan fingerprint density at radius 1 is 1.17 bits per heavy atom. The maximum Gasteiger partial charge on any atom is 0.188 e. The van der Waals surface area contributed by atoms with Crippen LogP contribution in [0.1, 0.15) is 43.5 Å². The van der Waals surface area contributed by atoms with E-state index < -0.39 is 0 Å². The molecule has 1 fully saturated rings. The summed E-state index contributed by atoms with van der Waals surface area (Å²) in [5.41, 5.74) is 0.745. The summed E-state index contributed by atoms with van der Waals surface area (Å²) >= 11 is 0. The number of carbonyl (C=O) groups is 1. The molecule has 2 rings (SSSR count). The molecule has 1 aliphatic carbocycles. The summed E-state index contributed by atoms with van der Waals surface area (Å²) in [6.07, 6.45) is 3.66. The first-order valence-electron chi connectivity index (χ1n) is 6.86. The van der Waals surface area contributed by atoms with E-state index in [1.165, 1.54) is 6.42 Å². The Morgan fingerprint density at radius 2 is 1.89 bits per heavy atom. The summed E-state index contributed by atoms with van der Waals surface area (Å²) in [5, 5.41) is 0. The first-order valence-corrected chi connectivity index (χ1v) is 6.86. The normalized spacial score (nSPS) is 28.0. The van der Waals surface area contributed by atoms with Crippen molar-refractivity contribution in [1.29, 1.82) is 0 Å². The van der Waals surface area contributed by atoms with E-state index >= 15 is 0 Å². The summed E-state index contributed by atoms with van der Waals surface area (Å²) in [4.78, 5) is 11.9. The second kappa shape index (κ2) is 6.14. The van der Waals surface area contributed by atoms with E-state index in [0.717, 1.165) is 24.3 Å². The van der Waals surface area contributed by atoms with Gasteiger partial charge in [-0.05, 0) is 31.1 Å². The Morgan fingerprint density at radius 3 is 2.56 bits per heavy atom. The standard InChI is InChI=1S/C16H22O2/c1-12-8-9-15(10-13(12)2)18-11-16(17)14-6-4-3-5-7-14/h3-7,12-13,15H,8-11H2,1-2H3. The average Bonchev–Trinajstić information content (AvgIpc) is 2.41. The van der Waals surface area contributed by atoms with Crippen molar-refractivity contribution in [2.75, 3.05) is 6.61 Å². The molecule has 0 aromatic heterocycles. The second-order valence-electron chi connectivity index (χ2n) is 5.49. The average molecular weight is 246 g/mol. The van der Waals surface area contributed by atoms with Crippen LogP contribution in [0.25, 0.3) is 0 Å². The van der Waals surface area contributed by atoms with Crippen LogP contribution in [0.2, 0.25) is 0 Å². The number of ketones is 1. The van der Waals surface area contributed by atoms with Crippen molar-refractivity contribution in [3.63, 3.8) is 0 Å². The minimum atomic E-state index is 0.0851. The predicted molar refractivity (Wildman–Crippen MR) is 72.7 cm³/mol. The highest BCUT2D eigenvalue weighted by Gasteiger charge is 2.25. The molecule has 2 nitrogen and oxygen atoms in total. The fourth-order valence-corrected chi connectivity index (χ4v) is 2.55. The van der Waals surface area contributed by atoms with Gasteiger partial charge in [0, 0.05) is 5.56 Å². The molecule has 0 bridgehead atoms. The van der Waals surface area contributed by atoms with Gasteiger partial charge in [0.1, 0.15) is 6.61 Å². The van der Waals surface area contributed by atoms with Gasteiger partial charge in [-0.25, -0.2) is 0 Å². The van der Waals surface area contributed by atoms with E-state index in [4.69, 9.17) is 4.74 Å². The number of hydrogen-bond donors (Lipinski definition) is 0. The van der Waals surface area contributed by atoms with Crippen LogP contribution in [0.5, 0.6) is 0 Å². The van der Waals surface area contributed by atoms with E-state index in [9.17, 15) is 4.79 Å². The molecular weight excluding hydrogens is 224 g/mol. The molecule has 18 heavy (non-hydrogen) atoms. The van der Waals surface area contributed by atoms with Gasteiger partial charge in [0.15, 0.2) is 5.78 Å². The smallest absolute Gasteiger partial charge is 0.188 e. The van der Waals surface area contributed by atoms with Gasteiger partial charge in [-0.15, -0.1) is 0 Å². The van der Waals surface area contributed by atoms with Crippen molar-refractivity contribution in [3.05, 3.63) is 35.9 Å². The quantitative estimate of drug-likeness (QED) is 0.757. The molecule has 1 aromatic carbocycles. The van der Waals surface area contributed by atoms with Gasteiger partial charge >= 0.3 is 0 Å². The van der Waals surface area contributed by atoms with Crippen LogP contribution in [-0.2, 0) is 4.74 Å². The zero-order chi connectivity index (χ0) is 13.0. The SMILES string of the molecule is CC1CCC(OCC(=O)c2ccccc2)CC1C. The van der Waals surface area contributed by atoms with E-state index in [2.05, 4.69) is 13.8 Å². The summed E-state index contributed by atoms with van der Waals surface area (Å²) < 4.78 is 5.77. The molecule has 0 amide bonds. The monoisotopic (exact) mass is 246 g/mol. The molecule has 98 valence electrons. The number of hydrogen-bond acceptors (Lipinski definition) is 2. The van der Waals surface area contributed by atoms with E-state index in [0.29, 0.717) is 5.92 Å². The third-order valence-electron chi connectivity index (χ3n) is 4.10. The molecule has 0 aliphatic heterocycles. The molecule has 3 atom stereocenters.